The fourth-order valence-electron chi connectivity index (χ4n) is 3.36. The van der Waals surface area contributed by atoms with Crippen molar-refractivity contribution in [2.24, 2.45) is 0 Å². The van der Waals surface area contributed by atoms with Gasteiger partial charge in [0.1, 0.15) is 32.7 Å². The summed E-state index contributed by atoms with van der Waals surface area (Å²) in [4.78, 5) is 15.0. The quantitative estimate of drug-likeness (QED) is 0.679. The summed E-state index contributed by atoms with van der Waals surface area (Å²) in [5, 5.41) is 2.63. The summed E-state index contributed by atoms with van der Waals surface area (Å²) in [5.41, 5.74) is 1.65. The van der Waals surface area contributed by atoms with Gasteiger partial charge < -0.3 is 15.1 Å². The second-order valence-electron chi connectivity index (χ2n) is 6.84. The number of nitrogens with one attached hydrogen (secondary N) is 3. The Balaban J connectivity index is 1.38. The molecule has 6 heteroatoms. The van der Waals surface area contributed by atoms with Crippen molar-refractivity contribution in [3.63, 3.8) is 0 Å². The van der Waals surface area contributed by atoms with Crippen LogP contribution in [0, 0.1) is 11.6 Å². The molecule has 26 heavy (non-hydrogen) atoms. The van der Waals surface area contributed by atoms with Crippen molar-refractivity contribution >= 4 is 11.6 Å². The number of rotatable bonds is 6. The zero-order chi connectivity index (χ0) is 18.4. The van der Waals surface area contributed by atoms with Crippen LogP contribution in [0.4, 0.5) is 14.5 Å². The molecule has 1 heterocycles. The van der Waals surface area contributed by atoms with Gasteiger partial charge in [0.05, 0.1) is 13.0 Å². The SMILES string of the molecule is O=C(CC[NH+]1CC[NH+](Cc2ccccc2)CC1)Nc1ccc(F)c(F)c1. The number of hydrogen-bond acceptors (Lipinski definition) is 1. The molecule has 3 N–H and O–H groups in total. The smallest absolute Gasteiger partial charge is 0.230 e. The highest BCUT2D eigenvalue weighted by Gasteiger charge is 2.23. The minimum absolute atomic E-state index is 0.164. The molecule has 1 saturated heterocycles. The average molecular weight is 361 g/mol. The highest BCUT2D eigenvalue weighted by Crippen LogP contribution is 2.13. The monoisotopic (exact) mass is 361 g/mol. The van der Waals surface area contributed by atoms with Crippen LogP contribution in [0.25, 0.3) is 0 Å². The van der Waals surface area contributed by atoms with Gasteiger partial charge in [-0.05, 0) is 12.1 Å². The van der Waals surface area contributed by atoms with Crippen LogP contribution in [-0.2, 0) is 11.3 Å². The van der Waals surface area contributed by atoms with Gasteiger partial charge in [0.25, 0.3) is 0 Å². The lowest BCUT2D eigenvalue weighted by atomic mass is 10.2. The van der Waals surface area contributed by atoms with Crippen LogP contribution in [0.2, 0.25) is 0 Å². The van der Waals surface area contributed by atoms with E-state index in [1.807, 2.05) is 6.07 Å². The van der Waals surface area contributed by atoms with Gasteiger partial charge in [-0.3, -0.25) is 4.79 Å². The molecule has 0 spiro atoms. The van der Waals surface area contributed by atoms with E-state index in [2.05, 4.69) is 29.6 Å². The van der Waals surface area contributed by atoms with Gasteiger partial charge in [0.2, 0.25) is 5.91 Å². The van der Waals surface area contributed by atoms with Crippen LogP contribution in [0.5, 0.6) is 0 Å². The van der Waals surface area contributed by atoms with Crippen molar-refractivity contribution in [2.75, 3.05) is 38.0 Å². The molecule has 138 valence electrons. The zero-order valence-electron chi connectivity index (χ0n) is 14.7. The van der Waals surface area contributed by atoms with E-state index in [4.69, 9.17) is 0 Å². The number of carbonyl (C=O) groups is 1. The maximum Gasteiger partial charge on any atom is 0.230 e. The summed E-state index contributed by atoms with van der Waals surface area (Å²) < 4.78 is 26.1. The third-order valence-electron chi connectivity index (χ3n) is 4.87. The molecular weight excluding hydrogens is 336 g/mol. The maximum absolute atomic E-state index is 13.2. The number of quaternary nitrogens is 2. The summed E-state index contributed by atoms with van der Waals surface area (Å²) in [5.74, 6) is -2.03. The first-order valence-electron chi connectivity index (χ1n) is 9.06. The third kappa shape index (κ3) is 5.34. The normalized spacial score (nSPS) is 19.9. The number of carbonyl (C=O) groups excluding carboxylic acids is 1. The minimum Gasteiger partial charge on any atom is -0.326 e. The second-order valence-corrected chi connectivity index (χ2v) is 6.84. The number of hydrogen-bond donors (Lipinski definition) is 3. The number of anilines is 1. The lowest BCUT2D eigenvalue weighted by Gasteiger charge is -2.29. The highest BCUT2D eigenvalue weighted by atomic mass is 19.2. The fraction of sp³-hybridized carbons (Fsp3) is 0.350. The molecule has 4 nitrogen and oxygen atoms in total. The van der Waals surface area contributed by atoms with Crippen molar-refractivity contribution in [1.29, 1.82) is 0 Å². The van der Waals surface area contributed by atoms with Gasteiger partial charge in [0.15, 0.2) is 11.6 Å². The van der Waals surface area contributed by atoms with E-state index in [-0.39, 0.29) is 5.91 Å². The Kier molecular flexibility index (Phi) is 6.30. The summed E-state index contributed by atoms with van der Waals surface area (Å²) in [6.07, 6.45) is 0.377. The van der Waals surface area contributed by atoms with E-state index in [0.717, 1.165) is 51.4 Å². The minimum atomic E-state index is -0.953. The van der Waals surface area contributed by atoms with Crippen LogP contribution in [0.3, 0.4) is 0 Å². The Labute approximate surface area is 152 Å². The van der Waals surface area contributed by atoms with E-state index >= 15 is 0 Å². The Bertz CT molecular complexity index is 731. The Morgan fingerprint density at radius 3 is 2.31 bits per heavy atom. The van der Waals surface area contributed by atoms with Crippen molar-refractivity contribution in [1.82, 2.24) is 0 Å². The predicted molar refractivity (Wildman–Crippen MR) is 96.0 cm³/mol. The topological polar surface area (TPSA) is 38.0 Å². The second kappa shape index (κ2) is 8.87. The summed E-state index contributed by atoms with van der Waals surface area (Å²) in [7, 11) is 0. The lowest BCUT2D eigenvalue weighted by Crippen LogP contribution is -3.27. The molecule has 0 atom stereocenters. The van der Waals surface area contributed by atoms with E-state index in [9.17, 15) is 13.6 Å². The van der Waals surface area contributed by atoms with Crippen LogP contribution < -0.4 is 15.1 Å². The van der Waals surface area contributed by atoms with Gasteiger partial charge in [-0.2, -0.15) is 0 Å². The van der Waals surface area contributed by atoms with Crippen molar-refractivity contribution < 1.29 is 23.4 Å². The summed E-state index contributed by atoms with van der Waals surface area (Å²) in [6, 6.07) is 13.9. The molecule has 0 radical (unpaired) electrons. The number of amides is 1. The van der Waals surface area contributed by atoms with E-state index < -0.39 is 11.6 Å². The molecular formula is C20H25F2N3O+2. The van der Waals surface area contributed by atoms with Crippen LogP contribution in [0.1, 0.15) is 12.0 Å². The van der Waals surface area contributed by atoms with Crippen LogP contribution in [0.15, 0.2) is 48.5 Å². The Hall–Kier alpha value is -2.31. The first kappa shape index (κ1) is 18.5. The molecule has 0 aromatic heterocycles. The van der Waals surface area contributed by atoms with Gasteiger partial charge in [-0.25, -0.2) is 8.78 Å². The molecule has 0 aliphatic carbocycles. The highest BCUT2D eigenvalue weighted by molar-refractivity contribution is 5.90. The van der Waals surface area contributed by atoms with E-state index in [1.54, 1.807) is 4.90 Å². The Morgan fingerprint density at radius 1 is 0.923 bits per heavy atom. The van der Waals surface area contributed by atoms with Gasteiger partial charge in [-0.15, -0.1) is 0 Å². The average Bonchev–Trinajstić information content (AvgIpc) is 2.65. The fourth-order valence-corrected chi connectivity index (χ4v) is 3.36. The molecule has 0 unspecified atom stereocenters. The number of halogens is 2. The molecule has 2 aromatic carbocycles. The maximum atomic E-state index is 13.2. The van der Waals surface area contributed by atoms with E-state index in [1.165, 1.54) is 16.5 Å². The lowest BCUT2D eigenvalue weighted by molar-refractivity contribution is -1.02. The number of benzene rings is 2. The van der Waals surface area contributed by atoms with Gasteiger partial charge >= 0.3 is 0 Å². The Morgan fingerprint density at radius 2 is 1.62 bits per heavy atom. The molecule has 3 rings (SSSR count). The summed E-state index contributed by atoms with van der Waals surface area (Å²) in [6.45, 7) is 6.07. The molecule has 0 saturated carbocycles. The summed E-state index contributed by atoms with van der Waals surface area (Å²) >= 11 is 0. The molecule has 0 bridgehead atoms. The standard InChI is InChI=1S/C20H23F2N3O/c21-18-7-6-17(14-19(18)22)23-20(26)8-9-24-10-12-25(13-11-24)15-16-4-2-1-3-5-16/h1-7,14H,8-13,15H2,(H,23,26)/p+2. The molecule has 1 fully saturated rings. The van der Waals surface area contributed by atoms with Gasteiger partial charge in [0, 0.05) is 17.3 Å². The van der Waals surface area contributed by atoms with Crippen molar-refractivity contribution in [2.45, 2.75) is 13.0 Å². The molecule has 2 aromatic rings. The number of piperazine rings is 1. The first-order chi connectivity index (χ1) is 12.6. The first-order valence-corrected chi connectivity index (χ1v) is 9.06. The molecule has 1 aliphatic heterocycles. The van der Waals surface area contributed by atoms with Crippen LogP contribution in [-0.4, -0.2) is 38.6 Å². The van der Waals surface area contributed by atoms with Crippen molar-refractivity contribution in [3.8, 4) is 0 Å². The van der Waals surface area contributed by atoms with E-state index in [0.29, 0.717) is 12.1 Å². The van der Waals surface area contributed by atoms with Crippen molar-refractivity contribution in [3.05, 3.63) is 65.7 Å². The third-order valence-corrected chi connectivity index (χ3v) is 4.87. The molecule has 1 amide bonds. The van der Waals surface area contributed by atoms with Crippen LogP contribution >= 0.6 is 0 Å². The zero-order valence-corrected chi connectivity index (χ0v) is 14.7. The van der Waals surface area contributed by atoms with Gasteiger partial charge in [-0.1, -0.05) is 30.3 Å². The predicted octanol–water partition coefficient (Wildman–Crippen LogP) is 0.277. The molecule has 1 aliphatic rings. The largest absolute Gasteiger partial charge is 0.326 e.